The Kier molecular flexibility index (Phi) is 3.52. The number of benzene rings is 1. The van der Waals surface area contributed by atoms with Crippen LogP contribution in [0.3, 0.4) is 0 Å². The highest BCUT2D eigenvalue weighted by Crippen LogP contribution is 2.24. The van der Waals surface area contributed by atoms with E-state index in [0.717, 1.165) is 18.9 Å². The molecule has 98 valence electrons. The van der Waals surface area contributed by atoms with E-state index in [1.54, 1.807) is 0 Å². The molecule has 5 heteroatoms. The molecule has 4 nitrogen and oxygen atoms in total. The van der Waals surface area contributed by atoms with Crippen LogP contribution in [0.5, 0.6) is 0 Å². The van der Waals surface area contributed by atoms with Crippen molar-refractivity contribution in [1.29, 1.82) is 0 Å². The highest BCUT2D eigenvalue weighted by atomic mass is 19.1. The van der Waals surface area contributed by atoms with Crippen molar-refractivity contribution < 1.29 is 13.9 Å². The van der Waals surface area contributed by atoms with Crippen molar-refractivity contribution in [1.82, 2.24) is 5.32 Å². The molecule has 1 saturated heterocycles. The van der Waals surface area contributed by atoms with Gasteiger partial charge in [0.15, 0.2) is 0 Å². The number of amides is 1. The quantitative estimate of drug-likeness (QED) is 0.805. The van der Waals surface area contributed by atoms with Gasteiger partial charge in [-0.05, 0) is 38.0 Å². The van der Waals surface area contributed by atoms with Gasteiger partial charge in [-0.1, -0.05) is 0 Å². The zero-order valence-corrected chi connectivity index (χ0v) is 10.3. The topological polar surface area (TPSA) is 64.4 Å². The number of rotatable bonds is 3. The average molecular weight is 252 g/mol. The average Bonchev–Trinajstić information content (AvgIpc) is 2.74. The second kappa shape index (κ2) is 4.94. The van der Waals surface area contributed by atoms with E-state index < -0.39 is 11.7 Å². The first-order valence-corrected chi connectivity index (χ1v) is 5.97. The van der Waals surface area contributed by atoms with E-state index in [0.29, 0.717) is 18.8 Å². The maximum Gasteiger partial charge on any atom is 0.254 e. The number of hydrogen-bond acceptors (Lipinski definition) is 3. The molecule has 1 fully saturated rings. The Morgan fingerprint density at radius 1 is 1.61 bits per heavy atom. The van der Waals surface area contributed by atoms with Gasteiger partial charge in [0.05, 0.1) is 11.2 Å². The maximum atomic E-state index is 13.5. The summed E-state index contributed by atoms with van der Waals surface area (Å²) in [5, 5.41) is 2.70. The lowest BCUT2D eigenvalue weighted by Gasteiger charge is -2.23. The highest BCUT2D eigenvalue weighted by Gasteiger charge is 2.30. The molecular formula is C13H17FN2O2. The molecule has 1 aromatic rings. The zero-order chi connectivity index (χ0) is 13.2. The van der Waals surface area contributed by atoms with Gasteiger partial charge >= 0.3 is 0 Å². The van der Waals surface area contributed by atoms with E-state index in [2.05, 4.69) is 5.32 Å². The molecule has 1 atom stereocenters. The van der Waals surface area contributed by atoms with Crippen molar-refractivity contribution >= 4 is 11.6 Å². The fourth-order valence-corrected chi connectivity index (χ4v) is 2.05. The number of hydrogen-bond donors (Lipinski definition) is 2. The Morgan fingerprint density at radius 3 is 3.00 bits per heavy atom. The lowest BCUT2D eigenvalue weighted by molar-refractivity contribution is 0.0205. The third-order valence-corrected chi connectivity index (χ3v) is 3.16. The van der Waals surface area contributed by atoms with Gasteiger partial charge < -0.3 is 15.8 Å². The predicted octanol–water partition coefficient (Wildman–Crippen LogP) is 1.71. The number of halogens is 1. The summed E-state index contributed by atoms with van der Waals surface area (Å²) in [7, 11) is 0. The molecule has 3 N–H and O–H groups in total. The smallest absolute Gasteiger partial charge is 0.254 e. The van der Waals surface area contributed by atoms with Crippen LogP contribution in [0.1, 0.15) is 30.1 Å². The summed E-state index contributed by atoms with van der Waals surface area (Å²) >= 11 is 0. The third kappa shape index (κ3) is 2.79. The Balaban J connectivity index is 1.99. The van der Waals surface area contributed by atoms with E-state index >= 15 is 0 Å². The normalized spacial score (nSPS) is 23.0. The Morgan fingerprint density at radius 2 is 2.39 bits per heavy atom. The molecule has 0 aromatic heterocycles. The lowest BCUT2D eigenvalue weighted by Crippen LogP contribution is -2.40. The van der Waals surface area contributed by atoms with Crippen LogP contribution in [0.2, 0.25) is 0 Å². The van der Waals surface area contributed by atoms with Crippen molar-refractivity contribution in [3.8, 4) is 0 Å². The molecule has 0 radical (unpaired) electrons. The van der Waals surface area contributed by atoms with E-state index in [9.17, 15) is 9.18 Å². The zero-order valence-electron chi connectivity index (χ0n) is 10.3. The van der Waals surface area contributed by atoms with Crippen molar-refractivity contribution in [2.24, 2.45) is 0 Å². The first-order chi connectivity index (χ1) is 8.50. The first-order valence-electron chi connectivity index (χ1n) is 5.97. The van der Waals surface area contributed by atoms with Crippen molar-refractivity contribution in [3.05, 3.63) is 29.6 Å². The summed E-state index contributed by atoms with van der Waals surface area (Å²) in [6.07, 6.45) is 1.89. The molecule has 18 heavy (non-hydrogen) atoms. The van der Waals surface area contributed by atoms with Gasteiger partial charge in [-0.2, -0.15) is 0 Å². The van der Waals surface area contributed by atoms with E-state index in [1.807, 2.05) is 6.92 Å². The van der Waals surface area contributed by atoms with Gasteiger partial charge in [-0.25, -0.2) is 4.39 Å². The third-order valence-electron chi connectivity index (χ3n) is 3.16. The molecule has 2 rings (SSSR count). The summed E-state index contributed by atoms with van der Waals surface area (Å²) < 4.78 is 19.1. The van der Waals surface area contributed by atoms with Gasteiger partial charge in [0.25, 0.3) is 5.91 Å². The largest absolute Gasteiger partial charge is 0.399 e. The number of nitrogens with two attached hydrogens (primary N) is 1. The Bertz CT molecular complexity index is 456. The van der Waals surface area contributed by atoms with Crippen molar-refractivity contribution in [2.45, 2.75) is 25.4 Å². The molecule has 0 spiro atoms. The summed E-state index contributed by atoms with van der Waals surface area (Å²) in [5.41, 5.74) is 5.40. The van der Waals surface area contributed by atoms with Gasteiger partial charge in [0.1, 0.15) is 5.82 Å². The molecule has 0 saturated carbocycles. The number of ether oxygens (including phenoxy) is 1. The fraction of sp³-hybridized carbons (Fsp3) is 0.462. The predicted molar refractivity (Wildman–Crippen MR) is 66.7 cm³/mol. The minimum Gasteiger partial charge on any atom is -0.399 e. The molecule has 1 unspecified atom stereocenters. The van der Waals surface area contributed by atoms with E-state index in [1.165, 1.54) is 12.1 Å². The van der Waals surface area contributed by atoms with Crippen LogP contribution in [-0.4, -0.2) is 24.7 Å². The molecule has 1 aliphatic heterocycles. The Hall–Kier alpha value is -1.62. The minimum atomic E-state index is -0.606. The fourth-order valence-electron chi connectivity index (χ4n) is 2.05. The molecule has 1 amide bonds. The van der Waals surface area contributed by atoms with Gasteiger partial charge in [-0.3, -0.25) is 4.79 Å². The van der Waals surface area contributed by atoms with Gasteiger partial charge in [0, 0.05) is 18.8 Å². The lowest BCUT2D eigenvalue weighted by atomic mass is 10.0. The number of carbonyl (C=O) groups is 1. The van der Waals surface area contributed by atoms with Gasteiger partial charge in [0.2, 0.25) is 0 Å². The van der Waals surface area contributed by atoms with Crippen molar-refractivity contribution in [2.75, 3.05) is 18.9 Å². The second-order valence-corrected chi connectivity index (χ2v) is 4.82. The van der Waals surface area contributed by atoms with Crippen LogP contribution < -0.4 is 11.1 Å². The summed E-state index contributed by atoms with van der Waals surface area (Å²) in [6, 6.07) is 4.03. The molecule has 0 bridgehead atoms. The minimum absolute atomic E-state index is 0.00537. The molecule has 1 aromatic carbocycles. The van der Waals surface area contributed by atoms with Crippen LogP contribution in [0, 0.1) is 5.82 Å². The standard InChI is InChI=1S/C13H17FN2O2/c1-13(5-2-6-18-13)8-16-12(17)10-4-3-9(15)7-11(10)14/h3-4,7H,2,5-6,8,15H2,1H3,(H,16,17). The number of carbonyl (C=O) groups excluding carboxylic acids is 1. The second-order valence-electron chi connectivity index (χ2n) is 4.82. The van der Waals surface area contributed by atoms with Crippen LogP contribution in [0.25, 0.3) is 0 Å². The number of nitrogens with one attached hydrogen (secondary N) is 1. The van der Waals surface area contributed by atoms with Crippen LogP contribution in [-0.2, 0) is 4.74 Å². The summed E-state index contributed by atoms with van der Waals surface area (Å²) in [6.45, 7) is 3.04. The maximum absolute atomic E-state index is 13.5. The Labute approximate surface area is 105 Å². The SMILES string of the molecule is CC1(CNC(=O)c2ccc(N)cc2F)CCCO1. The number of nitrogen functional groups attached to an aromatic ring is 1. The molecule has 1 heterocycles. The van der Waals surface area contributed by atoms with E-state index in [-0.39, 0.29) is 11.2 Å². The number of anilines is 1. The summed E-state index contributed by atoms with van der Waals surface area (Å²) in [5.74, 6) is -1.05. The van der Waals surface area contributed by atoms with Crippen LogP contribution in [0.4, 0.5) is 10.1 Å². The summed E-state index contributed by atoms with van der Waals surface area (Å²) in [4.78, 5) is 11.8. The van der Waals surface area contributed by atoms with Crippen molar-refractivity contribution in [3.63, 3.8) is 0 Å². The van der Waals surface area contributed by atoms with Crippen LogP contribution >= 0.6 is 0 Å². The monoisotopic (exact) mass is 252 g/mol. The highest BCUT2D eigenvalue weighted by molar-refractivity contribution is 5.94. The van der Waals surface area contributed by atoms with Crippen LogP contribution in [0.15, 0.2) is 18.2 Å². The molecule has 0 aliphatic carbocycles. The van der Waals surface area contributed by atoms with E-state index in [4.69, 9.17) is 10.5 Å². The molecular weight excluding hydrogens is 235 g/mol. The molecule has 1 aliphatic rings. The van der Waals surface area contributed by atoms with Gasteiger partial charge in [-0.15, -0.1) is 0 Å². The first kappa shape index (κ1) is 12.8.